The molecule has 0 fully saturated rings. The van der Waals surface area contributed by atoms with E-state index in [-0.39, 0.29) is 17.3 Å². The SMILES string of the molecule is COc1nc(Cl)nc(OCCNC(C)C)n1. The zero-order valence-corrected chi connectivity index (χ0v) is 10.3. The Kier molecular flexibility index (Phi) is 5.21. The molecule has 1 aromatic rings. The lowest BCUT2D eigenvalue weighted by atomic mass is 10.4. The first-order valence-electron chi connectivity index (χ1n) is 4.93. The minimum absolute atomic E-state index is 0.0543. The molecule has 6 nitrogen and oxygen atoms in total. The molecule has 7 heteroatoms. The smallest absolute Gasteiger partial charge is 0.323 e. The number of ether oxygens (including phenoxy) is 2. The molecular formula is C9H15ClN4O2. The van der Waals surface area contributed by atoms with Crippen LogP contribution in [0.15, 0.2) is 0 Å². The molecule has 1 aromatic heterocycles. The number of hydrogen-bond acceptors (Lipinski definition) is 6. The van der Waals surface area contributed by atoms with Crippen molar-refractivity contribution in [1.29, 1.82) is 0 Å². The van der Waals surface area contributed by atoms with Gasteiger partial charge in [0.05, 0.1) is 7.11 Å². The van der Waals surface area contributed by atoms with E-state index < -0.39 is 0 Å². The van der Waals surface area contributed by atoms with Crippen molar-refractivity contribution >= 4 is 11.6 Å². The molecule has 1 heterocycles. The van der Waals surface area contributed by atoms with Crippen molar-refractivity contribution in [3.63, 3.8) is 0 Å². The molecule has 0 bridgehead atoms. The first kappa shape index (κ1) is 12.9. The molecule has 0 aliphatic rings. The molecule has 0 amide bonds. The summed E-state index contributed by atoms with van der Waals surface area (Å²) in [4.78, 5) is 11.4. The van der Waals surface area contributed by atoms with E-state index in [1.54, 1.807) is 0 Å². The highest BCUT2D eigenvalue weighted by molar-refractivity contribution is 6.28. The lowest BCUT2D eigenvalue weighted by Crippen LogP contribution is -2.27. The maximum Gasteiger partial charge on any atom is 0.323 e. The molecule has 1 rings (SSSR count). The number of rotatable bonds is 6. The van der Waals surface area contributed by atoms with E-state index in [9.17, 15) is 0 Å². The Hall–Kier alpha value is -1.14. The summed E-state index contributed by atoms with van der Waals surface area (Å²) in [6.07, 6.45) is 0. The van der Waals surface area contributed by atoms with Crippen molar-refractivity contribution in [2.75, 3.05) is 20.3 Å². The van der Waals surface area contributed by atoms with E-state index in [1.165, 1.54) is 7.11 Å². The van der Waals surface area contributed by atoms with Crippen LogP contribution in [0.2, 0.25) is 5.28 Å². The summed E-state index contributed by atoms with van der Waals surface area (Å²) in [7, 11) is 1.45. The third kappa shape index (κ3) is 4.59. The maximum absolute atomic E-state index is 5.65. The highest BCUT2D eigenvalue weighted by Crippen LogP contribution is 2.11. The largest absolute Gasteiger partial charge is 0.467 e. The van der Waals surface area contributed by atoms with Gasteiger partial charge in [-0.05, 0) is 11.6 Å². The molecule has 0 atom stereocenters. The van der Waals surface area contributed by atoms with Crippen molar-refractivity contribution in [1.82, 2.24) is 20.3 Å². The first-order chi connectivity index (χ1) is 7.61. The van der Waals surface area contributed by atoms with Crippen LogP contribution in [0.25, 0.3) is 0 Å². The standard InChI is InChI=1S/C9H15ClN4O2/c1-6(2)11-4-5-16-9-13-7(10)12-8(14-9)15-3/h6,11H,4-5H2,1-3H3. The second kappa shape index (κ2) is 6.44. The molecule has 0 saturated carbocycles. The Morgan fingerprint density at radius 2 is 1.94 bits per heavy atom. The summed E-state index contributed by atoms with van der Waals surface area (Å²) in [5.74, 6) is 0. The van der Waals surface area contributed by atoms with E-state index in [2.05, 4.69) is 34.1 Å². The zero-order chi connectivity index (χ0) is 12.0. The summed E-state index contributed by atoms with van der Waals surface area (Å²) >= 11 is 5.65. The van der Waals surface area contributed by atoms with Crippen LogP contribution >= 0.6 is 11.6 Å². The molecule has 0 aromatic carbocycles. The molecule has 0 aliphatic heterocycles. The van der Waals surface area contributed by atoms with Gasteiger partial charge in [-0.25, -0.2) is 0 Å². The van der Waals surface area contributed by atoms with Gasteiger partial charge in [-0.2, -0.15) is 9.97 Å². The Labute approximate surface area is 99.4 Å². The van der Waals surface area contributed by atoms with Gasteiger partial charge in [0.25, 0.3) is 0 Å². The number of halogens is 1. The van der Waals surface area contributed by atoms with E-state index in [0.29, 0.717) is 19.2 Å². The number of nitrogens with zero attached hydrogens (tertiary/aromatic N) is 3. The highest BCUT2D eigenvalue weighted by atomic mass is 35.5. The quantitative estimate of drug-likeness (QED) is 0.753. The third-order valence-electron chi connectivity index (χ3n) is 1.64. The fourth-order valence-electron chi connectivity index (χ4n) is 0.960. The molecule has 16 heavy (non-hydrogen) atoms. The summed E-state index contributed by atoms with van der Waals surface area (Å²) in [5.41, 5.74) is 0. The van der Waals surface area contributed by atoms with E-state index in [0.717, 1.165) is 0 Å². The molecular weight excluding hydrogens is 232 g/mol. The van der Waals surface area contributed by atoms with Crippen molar-refractivity contribution in [2.45, 2.75) is 19.9 Å². The number of nitrogens with one attached hydrogen (secondary N) is 1. The van der Waals surface area contributed by atoms with Crippen molar-refractivity contribution in [3.05, 3.63) is 5.28 Å². The Balaban J connectivity index is 2.44. The topological polar surface area (TPSA) is 69.2 Å². The predicted molar refractivity (Wildman–Crippen MR) is 60.0 cm³/mol. The number of hydrogen-bond donors (Lipinski definition) is 1. The first-order valence-corrected chi connectivity index (χ1v) is 5.31. The molecule has 0 saturated heterocycles. The normalized spacial score (nSPS) is 10.6. The van der Waals surface area contributed by atoms with Crippen LogP contribution in [0, 0.1) is 0 Å². The molecule has 90 valence electrons. The highest BCUT2D eigenvalue weighted by Gasteiger charge is 2.05. The van der Waals surface area contributed by atoms with Crippen LogP contribution in [-0.2, 0) is 0 Å². The van der Waals surface area contributed by atoms with Gasteiger partial charge in [-0.3, -0.25) is 0 Å². The molecule has 0 aliphatic carbocycles. The van der Waals surface area contributed by atoms with Gasteiger partial charge in [-0.1, -0.05) is 13.8 Å². The lowest BCUT2D eigenvalue weighted by molar-refractivity contribution is 0.275. The Bertz CT molecular complexity index is 335. The fraction of sp³-hybridized carbons (Fsp3) is 0.667. The number of aromatic nitrogens is 3. The van der Waals surface area contributed by atoms with Crippen LogP contribution in [0.3, 0.4) is 0 Å². The van der Waals surface area contributed by atoms with Gasteiger partial charge in [0.15, 0.2) is 0 Å². The molecule has 0 spiro atoms. The monoisotopic (exact) mass is 246 g/mol. The average molecular weight is 247 g/mol. The molecule has 0 radical (unpaired) electrons. The van der Waals surface area contributed by atoms with E-state index in [1.807, 2.05) is 0 Å². The molecule has 1 N–H and O–H groups in total. The second-order valence-electron chi connectivity index (χ2n) is 3.33. The van der Waals surface area contributed by atoms with E-state index >= 15 is 0 Å². The van der Waals surface area contributed by atoms with Gasteiger partial charge < -0.3 is 14.8 Å². The second-order valence-corrected chi connectivity index (χ2v) is 3.67. The van der Waals surface area contributed by atoms with Crippen LogP contribution in [-0.4, -0.2) is 41.3 Å². The van der Waals surface area contributed by atoms with Gasteiger partial charge in [-0.15, -0.1) is 4.98 Å². The minimum atomic E-state index is 0.0543. The minimum Gasteiger partial charge on any atom is -0.467 e. The van der Waals surface area contributed by atoms with Crippen LogP contribution < -0.4 is 14.8 Å². The van der Waals surface area contributed by atoms with Gasteiger partial charge in [0.1, 0.15) is 6.61 Å². The van der Waals surface area contributed by atoms with Crippen LogP contribution in [0.1, 0.15) is 13.8 Å². The van der Waals surface area contributed by atoms with Gasteiger partial charge in [0.2, 0.25) is 5.28 Å². The molecule has 0 unspecified atom stereocenters. The van der Waals surface area contributed by atoms with Crippen molar-refractivity contribution < 1.29 is 9.47 Å². The van der Waals surface area contributed by atoms with Crippen LogP contribution in [0.5, 0.6) is 12.0 Å². The average Bonchev–Trinajstić information content (AvgIpc) is 2.23. The summed E-state index contributed by atoms with van der Waals surface area (Å²) < 4.78 is 10.1. The number of methoxy groups -OCH3 is 1. The summed E-state index contributed by atoms with van der Waals surface area (Å²) in [6, 6.07) is 0.731. The van der Waals surface area contributed by atoms with Gasteiger partial charge >= 0.3 is 12.0 Å². The third-order valence-corrected chi connectivity index (χ3v) is 1.80. The van der Waals surface area contributed by atoms with Crippen molar-refractivity contribution in [3.8, 4) is 12.0 Å². The Morgan fingerprint density at radius 1 is 1.25 bits per heavy atom. The van der Waals surface area contributed by atoms with E-state index in [4.69, 9.17) is 21.1 Å². The summed E-state index contributed by atoms with van der Waals surface area (Å²) in [6.45, 7) is 5.29. The lowest BCUT2D eigenvalue weighted by Gasteiger charge is -2.08. The fourth-order valence-corrected chi connectivity index (χ4v) is 1.11. The van der Waals surface area contributed by atoms with Gasteiger partial charge in [0, 0.05) is 12.6 Å². The zero-order valence-electron chi connectivity index (χ0n) is 9.53. The maximum atomic E-state index is 5.65. The van der Waals surface area contributed by atoms with Crippen LogP contribution in [0.4, 0.5) is 0 Å². The predicted octanol–water partition coefficient (Wildman–Crippen LogP) is 0.910. The Morgan fingerprint density at radius 3 is 2.56 bits per heavy atom. The summed E-state index contributed by atoms with van der Waals surface area (Å²) in [5, 5.41) is 3.25. The van der Waals surface area contributed by atoms with Crippen molar-refractivity contribution in [2.24, 2.45) is 0 Å².